The first-order chi connectivity index (χ1) is 8.33. The highest BCUT2D eigenvalue weighted by atomic mass is 15.3. The fraction of sp³-hybridized carbons (Fsp3) is 1.00. The highest BCUT2D eigenvalue weighted by Gasteiger charge is 2.34. The maximum Gasteiger partial charge on any atom is 0.0224 e. The highest BCUT2D eigenvalue weighted by molar-refractivity contribution is 4.91. The number of fused-ring (bicyclic) bond motifs is 1. The smallest absolute Gasteiger partial charge is 0.0224 e. The summed E-state index contributed by atoms with van der Waals surface area (Å²) in [5.74, 6) is 0. The van der Waals surface area contributed by atoms with Gasteiger partial charge < -0.3 is 5.32 Å². The van der Waals surface area contributed by atoms with Crippen molar-refractivity contribution in [3.63, 3.8) is 0 Å². The Morgan fingerprint density at radius 3 is 2.94 bits per heavy atom. The number of rotatable bonds is 3. The second-order valence-corrected chi connectivity index (χ2v) is 6.22. The largest absolute Gasteiger partial charge is 0.314 e. The second kappa shape index (κ2) is 5.25. The van der Waals surface area contributed by atoms with E-state index in [2.05, 4.69) is 22.0 Å². The summed E-state index contributed by atoms with van der Waals surface area (Å²) in [6, 6.07) is 2.46. The molecule has 0 spiro atoms. The van der Waals surface area contributed by atoms with Crippen LogP contribution in [0.4, 0.5) is 0 Å². The maximum absolute atomic E-state index is 3.62. The monoisotopic (exact) mass is 237 g/mol. The Morgan fingerprint density at radius 1 is 1.18 bits per heavy atom. The predicted octanol–water partition coefficient (Wildman–Crippen LogP) is 1.30. The van der Waals surface area contributed by atoms with Crippen LogP contribution < -0.4 is 5.32 Å². The van der Waals surface area contributed by atoms with Crippen LogP contribution >= 0.6 is 0 Å². The number of nitrogens with zero attached hydrogens (tertiary/aromatic N) is 2. The van der Waals surface area contributed by atoms with E-state index in [1.54, 1.807) is 0 Å². The molecule has 98 valence electrons. The van der Waals surface area contributed by atoms with Gasteiger partial charge >= 0.3 is 0 Å². The molecule has 3 unspecified atom stereocenters. The Morgan fingerprint density at radius 2 is 2.12 bits per heavy atom. The Bertz CT molecular complexity index is 250. The SMILES string of the molecule is CC1CN2CCCC2CN1CCC1CCCN1. The lowest BCUT2D eigenvalue weighted by atomic mass is 10.1. The zero-order valence-electron chi connectivity index (χ0n) is 11.2. The van der Waals surface area contributed by atoms with E-state index in [-0.39, 0.29) is 0 Å². The molecular weight excluding hydrogens is 210 g/mol. The van der Waals surface area contributed by atoms with Crippen molar-refractivity contribution in [1.82, 2.24) is 15.1 Å². The van der Waals surface area contributed by atoms with Crippen LogP contribution in [-0.2, 0) is 0 Å². The van der Waals surface area contributed by atoms with Crippen molar-refractivity contribution in [2.75, 3.05) is 32.7 Å². The molecule has 3 aliphatic heterocycles. The van der Waals surface area contributed by atoms with Crippen LogP contribution in [-0.4, -0.2) is 60.6 Å². The normalized spacial score (nSPS) is 39.7. The van der Waals surface area contributed by atoms with Crippen LogP contribution in [0.5, 0.6) is 0 Å². The summed E-state index contributed by atoms with van der Waals surface area (Å²) in [4.78, 5) is 5.46. The number of hydrogen-bond donors (Lipinski definition) is 1. The Kier molecular flexibility index (Phi) is 3.69. The summed E-state index contributed by atoms with van der Waals surface area (Å²) in [6.07, 6.45) is 7.01. The minimum atomic E-state index is 0.769. The summed E-state index contributed by atoms with van der Waals surface area (Å²) < 4.78 is 0. The molecule has 0 amide bonds. The van der Waals surface area contributed by atoms with Gasteiger partial charge in [0.2, 0.25) is 0 Å². The zero-order chi connectivity index (χ0) is 11.7. The van der Waals surface area contributed by atoms with Crippen LogP contribution in [0, 0.1) is 0 Å². The van der Waals surface area contributed by atoms with Crippen molar-refractivity contribution < 1.29 is 0 Å². The molecule has 0 aliphatic carbocycles. The predicted molar refractivity (Wildman–Crippen MR) is 71.3 cm³/mol. The average Bonchev–Trinajstić information content (AvgIpc) is 2.95. The number of nitrogens with one attached hydrogen (secondary N) is 1. The molecule has 1 N–H and O–H groups in total. The van der Waals surface area contributed by atoms with Gasteiger partial charge in [0.25, 0.3) is 0 Å². The molecule has 3 aliphatic rings. The zero-order valence-corrected chi connectivity index (χ0v) is 11.2. The summed E-state index contributed by atoms with van der Waals surface area (Å²) in [5.41, 5.74) is 0. The third-order valence-corrected chi connectivity index (χ3v) is 4.99. The fourth-order valence-corrected chi connectivity index (χ4v) is 3.88. The Hall–Kier alpha value is -0.120. The molecule has 0 aromatic heterocycles. The maximum atomic E-state index is 3.62. The molecule has 0 aromatic rings. The molecule has 3 fully saturated rings. The standard InChI is InChI=1S/C14H27N3/c1-12-10-17-8-3-5-14(17)11-16(12)9-6-13-4-2-7-15-13/h12-15H,2-11H2,1H3. The topological polar surface area (TPSA) is 18.5 Å². The van der Waals surface area contributed by atoms with E-state index < -0.39 is 0 Å². The fourth-order valence-electron chi connectivity index (χ4n) is 3.88. The molecule has 3 heterocycles. The molecule has 17 heavy (non-hydrogen) atoms. The van der Waals surface area contributed by atoms with Crippen molar-refractivity contribution in [3.8, 4) is 0 Å². The van der Waals surface area contributed by atoms with Crippen LogP contribution in [0.2, 0.25) is 0 Å². The number of piperazine rings is 1. The number of hydrogen-bond acceptors (Lipinski definition) is 3. The van der Waals surface area contributed by atoms with Crippen molar-refractivity contribution in [1.29, 1.82) is 0 Å². The van der Waals surface area contributed by atoms with Crippen LogP contribution in [0.15, 0.2) is 0 Å². The minimum Gasteiger partial charge on any atom is -0.314 e. The molecule has 3 saturated heterocycles. The van der Waals surface area contributed by atoms with Crippen molar-refractivity contribution in [2.45, 2.75) is 57.2 Å². The van der Waals surface area contributed by atoms with E-state index in [1.807, 2.05) is 0 Å². The van der Waals surface area contributed by atoms with Crippen LogP contribution in [0.25, 0.3) is 0 Å². The molecular formula is C14H27N3. The summed E-state index contributed by atoms with van der Waals surface area (Å²) in [6.45, 7) is 8.96. The Balaban J connectivity index is 1.48. The summed E-state index contributed by atoms with van der Waals surface area (Å²) in [5, 5.41) is 3.62. The van der Waals surface area contributed by atoms with Crippen LogP contribution in [0.3, 0.4) is 0 Å². The van der Waals surface area contributed by atoms with Gasteiger partial charge in [-0.25, -0.2) is 0 Å². The first-order valence-corrected chi connectivity index (χ1v) is 7.54. The van der Waals surface area contributed by atoms with Gasteiger partial charge in [-0.05, 0) is 52.1 Å². The molecule has 3 nitrogen and oxygen atoms in total. The first kappa shape index (κ1) is 11.9. The lowest BCUT2D eigenvalue weighted by Crippen LogP contribution is -2.55. The van der Waals surface area contributed by atoms with E-state index in [1.165, 1.54) is 64.8 Å². The van der Waals surface area contributed by atoms with Crippen molar-refractivity contribution in [3.05, 3.63) is 0 Å². The molecule has 0 radical (unpaired) electrons. The van der Waals surface area contributed by atoms with E-state index in [0.29, 0.717) is 0 Å². The van der Waals surface area contributed by atoms with E-state index in [4.69, 9.17) is 0 Å². The molecule has 0 bridgehead atoms. The molecule has 3 atom stereocenters. The summed E-state index contributed by atoms with van der Waals surface area (Å²) in [7, 11) is 0. The second-order valence-electron chi connectivity index (χ2n) is 6.22. The first-order valence-electron chi connectivity index (χ1n) is 7.54. The average molecular weight is 237 g/mol. The van der Waals surface area contributed by atoms with Crippen molar-refractivity contribution in [2.24, 2.45) is 0 Å². The van der Waals surface area contributed by atoms with E-state index in [0.717, 1.165) is 18.1 Å². The Labute approximate surface area is 106 Å². The summed E-state index contributed by atoms with van der Waals surface area (Å²) >= 11 is 0. The third kappa shape index (κ3) is 2.67. The van der Waals surface area contributed by atoms with Gasteiger partial charge in [0.15, 0.2) is 0 Å². The quantitative estimate of drug-likeness (QED) is 0.798. The van der Waals surface area contributed by atoms with Crippen molar-refractivity contribution >= 4 is 0 Å². The van der Waals surface area contributed by atoms with Gasteiger partial charge in [-0.15, -0.1) is 0 Å². The lowest BCUT2D eigenvalue weighted by molar-refractivity contribution is 0.0571. The molecule has 0 saturated carbocycles. The van der Waals surface area contributed by atoms with Gasteiger partial charge in [0, 0.05) is 37.8 Å². The minimum absolute atomic E-state index is 0.769. The van der Waals surface area contributed by atoms with Crippen LogP contribution in [0.1, 0.15) is 39.0 Å². The highest BCUT2D eigenvalue weighted by Crippen LogP contribution is 2.25. The van der Waals surface area contributed by atoms with Gasteiger partial charge in [-0.2, -0.15) is 0 Å². The van der Waals surface area contributed by atoms with E-state index in [9.17, 15) is 0 Å². The van der Waals surface area contributed by atoms with Gasteiger partial charge in [0.1, 0.15) is 0 Å². The van der Waals surface area contributed by atoms with Gasteiger partial charge in [-0.1, -0.05) is 0 Å². The lowest BCUT2D eigenvalue weighted by Gasteiger charge is -2.42. The molecule has 3 heteroatoms. The van der Waals surface area contributed by atoms with E-state index >= 15 is 0 Å². The third-order valence-electron chi connectivity index (χ3n) is 4.99. The molecule has 3 rings (SSSR count). The molecule has 0 aromatic carbocycles. The van der Waals surface area contributed by atoms with Gasteiger partial charge in [0.05, 0.1) is 0 Å². The van der Waals surface area contributed by atoms with Gasteiger partial charge in [-0.3, -0.25) is 9.80 Å².